The third-order valence-corrected chi connectivity index (χ3v) is 4.31. The molecule has 3 heteroatoms. The van der Waals surface area contributed by atoms with Crippen molar-refractivity contribution >= 4 is 0 Å². The van der Waals surface area contributed by atoms with Crippen molar-refractivity contribution in [2.24, 2.45) is 11.8 Å². The average molecular weight is 442 g/mol. The summed E-state index contributed by atoms with van der Waals surface area (Å²) in [5, 5.41) is 0. The first-order valence-electron chi connectivity index (χ1n) is 11.2. The van der Waals surface area contributed by atoms with Crippen LogP contribution >= 0.6 is 0 Å². The van der Waals surface area contributed by atoms with Crippen molar-refractivity contribution in [3.8, 4) is 0 Å². The van der Waals surface area contributed by atoms with E-state index in [2.05, 4.69) is 87.8 Å². The van der Waals surface area contributed by atoms with Crippen LogP contribution in [0.4, 0.5) is 4.70 Å². The maximum absolute atomic E-state index is 4.19. The number of allylic oxidation sites excluding steroid dienone is 8. The maximum atomic E-state index is 4.19. The van der Waals surface area contributed by atoms with Gasteiger partial charge in [0.15, 0.2) is 0 Å². The van der Waals surface area contributed by atoms with Gasteiger partial charge >= 0.3 is 0 Å². The second kappa shape index (κ2) is 30.5. The van der Waals surface area contributed by atoms with Crippen LogP contribution in [-0.4, -0.2) is 5.48 Å². The van der Waals surface area contributed by atoms with Crippen molar-refractivity contribution in [3.63, 3.8) is 0 Å². The molecule has 0 amide bonds. The minimum absolute atomic E-state index is 0. The van der Waals surface area contributed by atoms with Crippen LogP contribution in [0.1, 0.15) is 93.9 Å². The molecular formula is C28H56FNO. The van der Waals surface area contributed by atoms with Gasteiger partial charge in [0.05, 0.1) is 0 Å². The fraction of sp³-hybridized carbons (Fsp3) is 0.571. The van der Waals surface area contributed by atoms with Crippen molar-refractivity contribution < 1.29 is 10.2 Å². The molecule has 0 saturated heterocycles. The molecule has 0 saturated carbocycles. The number of hydrogen-bond acceptors (Lipinski definition) is 1. The minimum atomic E-state index is 0. The van der Waals surface area contributed by atoms with Gasteiger partial charge in [0.25, 0.3) is 0 Å². The summed E-state index contributed by atoms with van der Waals surface area (Å²) in [4.78, 5) is 0. The van der Waals surface area contributed by atoms with E-state index in [-0.39, 0.29) is 16.3 Å². The first kappa shape index (κ1) is 43.2. The maximum Gasteiger partial charge on any atom is -0.0196 e. The molecule has 0 bridgehead atoms. The quantitative estimate of drug-likeness (QED) is 0.319. The Kier molecular flexibility index (Phi) is 42.5. The molecule has 0 aromatic heterocycles. The van der Waals surface area contributed by atoms with E-state index >= 15 is 0 Å². The lowest BCUT2D eigenvalue weighted by Gasteiger charge is -2.14. The fourth-order valence-corrected chi connectivity index (χ4v) is 1.85. The Labute approximate surface area is 195 Å². The molecule has 0 heterocycles. The molecule has 5 N–H and O–H groups in total. The van der Waals surface area contributed by atoms with Crippen molar-refractivity contribution in [3.05, 3.63) is 72.9 Å². The normalized spacial score (nSPS) is 11.2. The fourth-order valence-electron chi connectivity index (χ4n) is 1.85. The molecule has 31 heavy (non-hydrogen) atoms. The monoisotopic (exact) mass is 441 g/mol. The van der Waals surface area contributed by atoms with E-state index < -0.39 is 0 Å². The Balaban J connectivity index is -0.000000155. The first-order chi connectivity index (χ1) is 13.1. The molecular weight excluding hydrogens is 385 g/mol. The Morgan fingerprint density at radius 2 is 1.10 bits per heavy atom. The predicted octanol–water partition coefficient (Wildman–Crippen LogP) is 9.52. The molecule has 0 aliphatic carbocycles. The zero-order valence-corrected chi connectivity index (χ0v) is 22.2. The van der Waals surface area contributed by atoms with E-state index in [1.165, 1.54) is 37.7 Å². The highest BCUT2D eigenvalue weighted by molar-refractivity contribution is 5.45. The third kappa shape index (κ3) is 30.6. The summed E-state index contributed by atoms with van der Waals surface area (Å²) >= 11 is 0. The number of rotatable bonds is 11. The lowest BCUT2D eigenvalue weighted by molar-refractivity contribution is 0.454. The van der Waals surface area contributed by atoms with Gasteiger partial charge in [-0.25, -0.2) is 0 Å². The van der Waals surface area contributed by atoms with Crippen molar-refractivity contribution in [1.82, 2.24) is 6.15 Å². The molecule has 0 aliphatic heterocycles. The van der Waals surface area contributed by atoms with Crippen LogP contribution in [0.25, 0.3) is 0 Å². The summed E-state index contributed by atoms with van der Waals surface area (Å²) in [5.41, 5.74) is 4.11. The van der Waals surface area contributed by atoms with E-state index in [4.69, 9.17) is 0 Å². The van der Waals surface area contributed by atoms with E-state index in [0.717, 1.165) is 29.1 Å². The van der Waals surface area contributed by atoms with Gasteiger partial charge in [-0.3, -0.25) is 4.70 Å². The second-order valence-electron chi connectivity index (χ2n) is 7.71. The summed E-state index contributed by atoms with van der Waals surface area (Å²) in [6, 6.07) is 0. The van der Waals surface area contributed by atoms with Crippen LogP contribution in [0.2, 0.25) is 0 Å². The highest BCUT2D eigenvalue weighted by Gasteiger charge is 2.07. The predicted molar refractivity (Wildman–Crippen MR) is 146 cm³/mol. The highest BCUT2D eigenvalue weighted by Crippen LogP contribution is 2.21. The van der Waals surface area contributed by atoms with Crippen LogP contribution in [-0.2, 0) is 0 Å². The van der Waals surface area contributed by atoms with Gasteiger partial charge in [0.2, 0.25) is 0 Å². The Morgan fingerprint density at radius 3 is 1.45 bits per heavy atom. The van der Waals surface area contributed by atoms with Crippen molar-refractivity contribution in [2.75, 3.05) is 0 Å². The minimum Gasteiger partial charge on any atom is -0.412 e. The number of hydrogen-bond donors (Lipinski definition) is 1. The van der Waals surface area contributed by atoms with Crippen LogP contribution in [0.3, 0.4) is 0 Å². The molecule has 2 atom stereocenters. The second-order valence-corrected chi connectivity index (χ2v) is 7.71. The summed E-state index contributed by atoms with van der Waals surface area (Å²) < 4.78 is 0. The van der Waals surface area contributed by atoms with Crippen LogP contribution < -0.4 is 6.15 Å². The topological polar surface area (TPSA) is 66.5 Å². The lowest BCUT2D eigenvalue weighted by Crippen LogP contribution is -2.00. The molecule has 2 nitrogen and oxygen atoms in total. The summed E-state index contributed by atoms with van der Waals surface area (Å²) in [5.74, 6) is 1.31. The van der Waals surface area contributed by atoms with Gasteiger partial charge in [0.1, 0.15) is 0 Å². The summed E-state index contributed by atoms with van der Waals surface area (Å²) in [6.45, 7) is 33.7. The molecule has 2 unspecified atom stereocenters. The standard InChI is InChI=1S/C22H34.2C3H8.FH.H3N.H2O/c1-9-17(3)11-13-19(5)21(7)15-16-22(8)20(6)14-12-18(4)10-2;2*1-3-2;;;/h11,13,15-16,18,20H,3,5,7-10,12,14H2,1-2,4,6H3;2*3H2,1-2H3;1H;1H3;1H2/b13-11-,16-15-;;;;;. The SMILES string of the molecule is C=C(/C=C\C(=C)C(=C)/C=C\C(=C)C(C)CCC(C)CC)CC.CCC.CCC.F.N.O. The molecule has 186 valence electrons. The molecule has 0 aromatic rings. The van der Waals surface area contributed by atoms with Crippen LogP contribution in [0.15, 0.2) is 72.9 Å². The zero-order chi connectivity index (χ0) is 22.5. The van der Waals surface area contributed by atoms with Gasteiger partial charge in [-0.15, -0.1) is 0 Å². The van der Waals surface area contributed by atoms with Crippen LogP contribution in [0.5, 0.6) is 0 Å². The van der Waals surface area contributed by atoms with Crippen LogP contribution in [0, 0.1) is 11.8 Å². The molecule has 0 rings (SSSR count). The van der Waals surface area contributed by atoms with Gasteiger partial charge < -0.3 is 11.6 Å². The molecule has 0 spiro atoms. The van der Waals surface area contributed by atoms with Gasteiger partial charge in [-0.2, -0.15) is 0 Å². The Bertz CT molecular complexity index is 501. The highest BCUT2D eigenvalue weighted by atomic mass is 19.0. The van der Waals surface area contributed by atoms with Gasteiger partial charge in [0, 0.05) is 0 Å². The molecule has 0 fully saturated rings. The lowest BCUT2D eigenvalue weighted by atomic mass is 9.91. The van der Waals surface area contributed by atoms with E-state index in [9.17, 15) is 0 Å². The smallest absolute Gasteiger partial charge is 0.0196 e. The van der Waals surface area contributed by atoms with E-state index in [1.807, 2.05) is 18.2 Å². The average Bonchev–Trinajstić information content (AvgIpc) is 2.68. The first-order valence-corrected chi connectivity index (χ1v) is 11.2. The molecule has 0 radical (unpaired) electrons. The van der Waals surface area contributed by atoms with Gasteiger partial charge in [-0.1, -0.05) is 143 Å². The van der Waals surface area contributed by atoms with E-state index in [0.29, 0.717) is 5.92 Å². The van der Waals surface area contributed by atoms with E-state index in [1.54, 1.807) is 0 Å². The largest absolute Gasteiger partial charge is 0.412 e. The third-order valence-electron chi connectivity index (χ3n) is 4.31. The summed E-state index contributed by atoms with van der Waals surface area (Å²) in [6.07, 6.45) is 15.2. The Morgan fingerprint density at radius 1 is 0.710 bits per heavy atom. The number of halogens is 1. The van der Waals surface area contributed by atoms with Crippen molar-refractivity contribution in [1.29, 1.82) is 0 Å². The van der Waals surface area contributed by atoms with Gasteiger partial charge in [-0.05, 0) is 35.8 Å². The summed E-state index contributed by atoms with van der Waals surface area (Å²) in [7, 11) is 0. The zero-order valence-electron chi connectivity index (χ0n) is 22.2. The molecule has 0 aliphatic rings. The Hall–Kier alpha value is -1.71. The molecule has 0 aromatic carbocycles. The van der Waals surface area contributed by atoms with Crippen molar-refractivity contribution in [2.45, 2.75) is 93.9 Å².